The molecule has 3 N–H and O–H groups in total. The van der Waals surface area contributed by atoms with Crippen molar-refractivity contribution < 1.29 is 4.74 Å². The zero-order valence-corrected chi connectivity index (χ0v) is 15.6. The third-order valence-corrected chi connectivity index (χ3v) is 3.09. The van der Waals surface area contributed by atoms with Gasteiger partial charge in [-0.15, -0.1) is 24.0 Å². The molecule has 5 heteroatoms. The van der Waals surface area contributed by atoms with Crippen molar-refractivity contribution in [1.29, 1.82) is 0 Å². The number of rotatable bonds is 8. The number of halogens is 1. The van der Waals surface area contributed by atoms with Gasteiger partial charge in [0, 0.05) is 13.1 Å². The number of nitrogens with zero attached hydrogens (tertiary/aromatic N) is 1. The summed E-state index contributed by atoms with van der Waals surface area (Å²) in [4.78, 5) is 4.33. The van der Waals surface area contributed by atoms with E-state index >= 15 is 0 Å². The Morgan fingerprint density at radius 3 is 2.52 bits per heavy atom. The molecule has 1 aromatic rings. The highest BCUT2D eigenvalue weighted by Crippen LogP contribution is 2.12. The van der Waals surface area contributed by atoms with Crippen molar-refractivity contribution >= 4 is 29.9 Å². The molecule has 0 aliphatic carbocycles. The summed E-state index contributed by atoms with van der Waals surface area (Å²) in [5.41, 5.74) is 7.10. The van der Waals surface area contributed by atoms with Crippen LogP contribution in [0.2, 0.25) is 0 Å². The third-order valence-electron chi connectivity index (χ3n) is 3.09. The van der Waals surface area contributed by atoms with Crippen LogP contribution in [-0.4, -0.2) is 26.2 Å². The van der Waals surface area contributed by atoms with Gasteiger partial charge in [0.2, 0.25) is 0 Å². The van der Waals surface area contributed by atoms with Crippen LogP contribution in [0.25, 0.3) is 0 Å². The van der Waals surface area contributed by atoms with Crippen molar-refractivity contribution in [2.24, 2.45) is 16.6 Å². The van der Waals surface area contributed by atoms with Crippen LogP contribution in [0, 0.1) is 5.92 Å². The zero-order valence-electron chi connectivity index (χ0n) is 13.3. The molecule has 0 unspecified atom stereocenters. The molecule has 1 rings (SSSR count). The molecule has 0 amide bonds. The second-order valence-corrected chi connectivity index (χ2v) is 5.33. The topological polar surface area (TPSA) is 59.6 Å². The zero-order chi connectivity index (χ0) is 14.8. The van der Waals surface area contributed by atoms with Gasteiger partial charge in [-0.3, -0.25) is 4.99 Å². The Kier molecular flexibility index (Phi) is 11.1. The number of benzene rings is 1. The van der Waals surface area contributed by atoms with E-state index in [4.69, 9.17) is 10.5 Å². The first-order valence-corrected chi connectivity index (χ1v) is 7.28. The van der Waals surface area contributed by atoms with Gasteiger partial charge in [-0.1, -0.05) is 26.0 Å². The summed E-state index contributed by atoms with van der Waals surface area (Å²) in [6.45, 7) is 6.05. The Labute approximate surface area is 145 Å². The number of ether oxygens (including phenoxy) is 1. The molecule has 0 atom stereocenters. The normalized spacial score (nSPS) is 11.1. The number of hydrogen-bond acceptors (Lipinski definition) is 2. The van der Waals surface area contributed by atoms with Crippen LogP contribution in [0.1, 0.15) is 32.3 Å². The minimum Gasteiger partial charge on any atom is -0.497 e. The summed E-state index contributed by atoms with van der Waals surface area (Å²) in [6, 6.07) is 8.15. The van der Waals surface area contributed by atoms with Gasteiger partial charge in [-0.25, -0.2) is 0 Å². The summed E-state index contributed by atoms with van der Waals surface area (Å²) in [7, 11) is 1.68. The number of nitrogens with two attached hydrogens (primary N) is 1. The van der Waals surface area contributed by atoms with E-state index in [1.807, 2.05) is 12.1 Å². The molecule has 120 valence electrons. The molecule has 0 heterocycles. The van der Waals surface area contributed by atoms with E-state index in [2.05, 4.69) is 36.3 Å². The van der Waals surface area contributed by atoms with Gasteiger partial charge in [-0.05, 0) is 42.9 Å². The molecule has 0 saturated heterocycles. The van der Waals surface area contributed by atoms with E-state index in [1.54, 1.807) is 7.11 Å². The van der Waals surface area contributed by atoms with Crippen LogP contribution < -0.4 is 15.8 Å². The van der Waals surface area contributed by atoms with Crippen LogP contribution in [0.15, 0.2) is 29.3 Å². The second-order valence-electron chi connectivity index (χ2n) is 5.33. The first kappa shape index (κ1) is 20.0. The fraction of sp³-hybridized carbons (Fsp3) is 0.562. The minimum atomic E-state index is 0. The summed E-state index contributed by atoms with van der Waals surface area (Å²) in [5.74, 6) is 2.14. The van der Waals surface area contributed by atoms with Gasteiger partial charge < -0.3 is 15.8 Å². The fourth-order valence-electron chi connectivity index (χ4n) is 1.82. The van der Waals surface area contributed by atoms with Crippen molar-refractivity contribution in [3.8, 4) is 5.75 Å². The molecular weight excluding hydrogens is 377 g/mol. The standard InChI is InChI=1S/C16H27N3O.HI/c1-13(2)10-12-19-16(17)18-11-4-5-14-6-8-15(20-3)9-7-14;/h6-9,13H,4-5,10-12H2,1-3H3,(H3,17,18,19);1H. The van der Waals surface area contributed by atoms with Gasteiger partial charge in [-0.2, -0.15) is 0 Å². The van der Waals surface area contributed by atoms with E-state index < -0.39 is 0 Å². The number of aliphatic imine (C=N–C) groups is 1. The Morgan fingerprint density at radius 1 is 1.29 bits per heavy atom. The predicted molar refractivity (Wildman–Crippen MR) is 101 cm³/mol. The number of nitrogens with one attached hydrogen (secondary N) is 1. The third kappa shape index (κ3) is 9.55. The van der Waals surface area contributed by atoms with Crippen molar-refractivity contribution in [2.45, 2.75) is 33.1 Å². The first-order chi connectivity index (χ1) is 9.61. The van der Waals surface area contributed by atoms with E-state index in [0.717, 1.165) is 38.1 Å². The van der Waals surface area contributed by atoms with Crippen LogP contribution in [0.3, 0.4) is 0 Å². The Bertz CT molecular complexity index is 404. The van der Waals surface area contributed by atoms with E-state index in [9.17, 15) is 0 Å². The van der Waals surface area contributed by atoms with E-state index in [0.29, 0.717) is 11.9 Å². The minimum absolute atomic E-state index is 0. The Morgan fingerprint density at radius 2 is 1.95 bits per heavy atom. The van der Waals surface area contributed by atoms with Gasteiger partial charge in [0.1, 0.15) is 5.75 Å². The van der Waals surface area contributed by atoms with Gasteiger partial charge in [0.05, 0.1) is 7.11 Å². The van der Waals surface area contributed by atoms with Crippen LogP contribution >= 0.6 is 24.0 Å². The number of methoxy groups -OCH3 is 1. The van der Waals surface area contributed by atoms with Crippen molar-refractivity contribution in [3.05, 3.63) is 29.8 Å². The summed E-state index contributed by atoms with van der Waals surface area (Å²) >= 11 is 0. The molecule has 0 spiro atoms. The summed E-state index contributed by atoms with van der Waals surface area (Å²) in [6.07, 6.45) is 3.12. The molecule has 0 aliphatic rings. The molecule has 0 fully saturated rings. The number of aryl methyl sites for hydroxylation is 1. The summed E-state index contributed by atoms with van der Waals surface area (Å²) in [5, 5.41) is 3.14. The van der Waals surface area contributed by atoms with Crippen molar-refractivity contribution in [1.82, 2.24) is 5.32 Å². The highest BCUT2D eigenvalue weighted by atomic mass is 127. The maximum atomic E-state index is 5.80. The van der Waals surface area contributed by atoms with Crippen LogP contribution in [0.5, 0.6) is 5.75 Å². The number of hydrogen-bond donors (Lipinski definition) is 2. The van der Waals surface area contributed by atoms with Gasteiger partial charge in [0.25, 0.3) is 0 Å². The van der Waals surface area contributed by atoms with Gasteiger partial charge in [0.15, 0.2) is 5.96 Å². The van der Waals surface area contributed by atoms with E-state index in [-0.39, 0.29) is 24.0 Å². The maximum Gasteiger partial charge on any atom is 0.188 e. The highest BCUT2D eigenvalue weighted by Gasteiger charge is 1.96. The summed E-state index contributed by atoms with van der Waals surface area (Å²) < 4.78 is 5.13. The molecule has 4 nitrogen and oxygen atoms in total. The first-order valence-electron chi connectivity index (χ1n) is 7.28. The second kappa shape index (κ2) is 11.7. The molecule has 0 radical (unpaired) electrons. The predicted octanol–water partition coefficient (Wildman–Crippen LogP) is 3.20. The van der Waals surface area contributed by atoms with E-state index in [1.165, 1.54) is 5.56 Å². The highest BCUT2D eigenvalue weighted by molar-refractivity contribution is 14.0. The molecule has 0 aromatic heterocycles. The average Bonchev–Trinajstić information content (AvgIpc) is 2.44. The van der Waals surface area contributed by atoms with Crippen LogP contribution in [-0.2, 0) is 6.42 Å². The molecule has 21 heavy (non-hydrogen) atoms. The smallest absolute Gasteiger partial charge is 0.188 e. The Balaban J connectivity index is 0.00000400. The average molecular weight is 405 g/mol. The number of guanidine groups is 1. The molecule has 0 aliphatic heterocycles. The van der Waals surface area contributed by atoms with Crippen LogP contribution in [0.4, 0.5) is 0 Å². The monoisotopic (exact) mass is 405 g/mol. The fourth-order valence-corrected chi connectivity index (χ4v) is 1.82. The van der Waals surface area contributed by atoms with Gasteiger partial charge >= 0.3 is 0 Å². The quantitative estimate of drug-likeness (QED) is 0.302. The van der Waals surface area contributed by atoms with Crippen molar-refractivity contribution in [2.75, 3.05) is 20.2 Å². The lowest BCUT2D eigenvalue weighted by molar-refractivity contribution is 0.414. The lowest BCUT2D eigenvalue weighted by atomic mass is 10.1. The lowest BCUT2D eigenvalue weighted by Crippen LogP contribution is -2.33. The largest absolute Gasteiger partial charge is 0.497 e. The Hall–Kier alpha value is -0.980. The maximum absolute atomic E-state index is 5.80. The SMILES string of the molecule is COc1ccc(CCCN=C(N)NCCC(C)C)cc1.I. The molecule has 1 aromatic carbocycles. The molecule has 0 bridgehead atoms. The molecule has 0 saturated carbocycles. The van der Waals surface area contributed by atoms with Crippen molar-refractivity contribution in [3.63, 3.8) is 0 Å². The molecular formula is C16H28IN3O. The lowest BCUT2D eigenvalue weighted by Gasteiger charge is -2.07.